The standard InChI is InChI=1S/C21H18FN5OS/c1-28-10-9-23-21-27(20(14-29-21)15-5-4-6-16(22)11-15)25-13-17-12-24-18-7-2-3-8-19(18)26-17/h2-8,11-14H,9-10H2,1H3/b23-21?,25-13-. The molecule has 2 heterocycles. The first kappa shape index (κ1) is 19.1. The van der Waals surface area contributed by atoms with Crippen molar-refractivity contribution in [2.75, 3.05) is 20.3 Å². The SMILES string of the molecule is COCCN=c1scc(-c2cccc(F)c2)n1/N=C\c1cnc2ccccc2n1. The van der Waals surface area contributed by atoms with Crippen molar-refractivity contribution in [1.29, 1.82) is 0 Å². The monoisotopic (exact) mass is 407 g/mol. The van der Waals surface area contributed by atoms with Crippen molar-refractivity contribution in [2.45, 2.75) is 0 Å². The van der Waals surface area contributed by atoms with Crippen LogP contribution in [-0.2, 0) is 4.74 Å². The lowest BCUT2D eigenvalue weighted by Gasteiger charge is -2.04. The Morgan fingerprint density at radius 1 is 1.17 bits per heavy atom. The van der Waals surface area contributed by atoms with Crippen LogP contribution in [0.2, 0.25) is 0 Å². The number of thiazole rings is 1. The number of methoxy groups -OCH3 is 1. The van der Waals surface area contributed by atoms with E-state index in [1.165, 1.54) is 23.5 Å². The van der Waals surface area contributed by atoms with Crippen LogP contribution in [0, 0.1) is 5.82 Å². The zero-order valence-electron chi connectivity index (χ0n) is 15.7. The minimum Gasteiger partial charge on any atom is -0.383 e. The van der Waals surface area contributed by atoms with E-state index in [4.69, 9.17) is 4.74 Å². The van der Waals surface area contributed by atoms with Gasteiger partial charge in [-0.3, -0.25) is 9.98 Å². The number of ether oxygens (including phenoxy) is 1. The highest BCUT2D eigenvalue weighted by molar-refractivity contribution is 7.07. The Balaban J connectivity index is 1.76. The average molecular weight is 407 g/mol. The number of hydrogen-bond acceptors (Lipinski definition) is 6. The van der Waals surface area contributed by atoms with Crippen LogP contribution in [0.25, 0.3) is 22.3 Å². The fourth-order valence-corrected chi connectivity index (χ4v) is 3.61. The maximum Gasteiger partial charge on any atom is 0.206 e. The molecule has 0 radical (unpaired) electrons. The van der Waals surface area contributed by atoms with Gasteiger partial charge in [-0.25, -0.2) is 14.1 Å². The summed E-state index contributed by atoms with van der Waals surface area (Å²) >= 11 is 1.43. The molecule has 0 aliphatic rings. The van der Waals surface area contributed by atoms with Crippen molar-refractivity contribution >= 4 is 28.6 Å². The van der Waals surface area contributed by atoms with Gasteiger partial charge >= 0.3 is 0 Å². The number of rotatable bonds is 6. The van der Waals surface area contributed by atoms with E-state index in [2.05, 4.69) is 20.1 Å². The third kappa shape index (κ3) is 4.44. The van der Waals surface area contributed by atoms with Gasteiger partial charge in [0.1, 0.15) is 11.5 Å². The first-order valence-electron chi connectivity index (χ1n) is 8.96. The molecule has 0 spiro atoms. The topological polar surface area (TPSA) is 64.7 Å². The molecule has 0 N–H and O–H groups in total. The summed E-state index contributed by atoms with van der Waals surface area (Å²) in [5, 5.41) is 6.48. The molecule has 8 heteroatoms. The quantitative estimate of drug-likeness (QED) is 0.361. The molecule has 2 aromatic carbocycles. The van der Waals surface area contributed by atoms with Gasteiger partial charge < -0.3 is 4.74 Å². The van der Waals surface area contributed by atoms with E-state index in [9.17, 15) is 4.39 Å². The molecule has 4 rings (SSSR count). The van der Waals surface area contributed by atoms with E-state index >= 15 is 0 Å². The predicted molar refractivity (Wildman–Crippen MR) is 113 cm³/mol. The van der Waals surface area contributed by atoms with E-state index in [0.29, 0.717) is 23.6 Å². The molecule has 2 aromatic heterocycles. The van der Waals surface area contributed by atoms with Crippen LogP contribution in [0.4, 0.5) is 4.39 Å². The summed E-state index contributed by atoms with van der Waals surface area (Å²) in [7, 11) is 1.63. The molecular weight excluding hydrogens is 389 g/mol. The number of hydrogen-bond donors (Lipinski definition) is 0. The van der Waals surface area contributed by atoms with Crippen LogP contribution in [0.1, 0.15) is 5.69 Å². The third-order valence-electron chi connectivity index (χ3n) is 4.12. The summed E-state index contributed by atoms with van der Waals surface area (Å²) in [4.78, 5) is 14.2. The number of benzene rings is 2. The normalized spacial score (nSPS) is 12.3. The van der Waals surface area contributed by atoms with Crippen molar-refractivity contribution in [3.05, 3.63) is 76.4 Å². The maximum atomic E-state index is 13.7. The Labute approximate surface area is 170 Å². The molecule has 0 amide bonds. The van der Waals surface area contributed by atoms with Gasteiger partial charge in [0.25, 0.3) is 0 Å². The first-order valence-corrected chi connectivity index (χ1v) is 9.84. The highest BCUT2D eigenvalue weighted by Gasteiger charge is 2.08. The molecule has 0 bridgehead atoms. The molecule has 0 saturated carbocycles. The van der Waals surface area contributed by atoms with Crippen molar-refractivity contribution in [3.8, 4) is 11.3 Å². The molecular formula is C21H18FN5OS. The summed E-state index contributed by atoms with van der Waals surface area (Å²) in [5.41, 5.74) is 3.70. The molecule has 4 aromatic rings. The fourth-order valence-electron chi connectivity index (χ4n) is 2.75. The summed E-state index contributed by atoms with van der Waals surface area (Å²) < 4.78 is 20.5. The average Bonchev–Trinajstić information content (AvgIpc) is 3.15. The molecule has 0 fully saturated rings. The molecule has 29 heavy (non-hydrogen) atoms. The Hall–Kier alpha value is -3.23. The van der Waals surface area contributed by atoms with Crippen LogP contribution in [0.3, 0.4) is 0 Å². The number of fused-ring (bicyclic) bond motifs is 1. The minimum atomic E-state index is -0.303. The highest BCUT2D eigenvalue weighted by atomic mass is 32.1. The minimum absolute atomic E-state index is 0.303. The molecule has 0 saturated heterocycles. The second-order valence-electron chi connectivity index (χ2n) is 6.13. The van der Waals surface area contributed by atoms with Crippen LogP contribution in [0.15, 0.2) is 70.2 Å². The van der Waals surface area contributed by atoms with E-state index in [1.54, 1.807) is 30.3 Å². The number of para-hydroxylation sites is 2. The summed E-state index contributed by atoms with van der Waals surface area (Å²) in [6, 6.07) is 14.1. The molecule has 146 valence electrons. The van der Waals surface area contributed by atoms with Crippen molar-refractivity contribution in [2.24, 2.45) is 10.1 Å². The number of aromatic nitrogens is 3. The lowest BCUT2D eigenvalue weighted by Crippen LogP contribution is -2.14. The molecule has 6 nitrogen and oxygen atoms in total. The third-order valence-corrected chi connectivity index (χ3v) is 4.97. The largest absolute Gasteiger partial charge is 0.383 e. The maximum absolute atomic E-state index is 13.7. The number of halogens is 1. The van der Waals surface area contributed by atoms with Crippen LogP contribution >= 0.6 is 11.3 Å². The van der Waals surface area contributed by atoms with E-state index < -0.39 is 0 Å². The van der Waals surface area contributed by atoms with Gasteiger partial charge in [0.15, 0.2) is 0 Å². The van der Waals surface area contributed by atoms with Crippen LogP contribution in [-0.4, -0.2) is 41.1 Å². The zero-order chi connectivity index (χ0) is 20.1. The van der Waals surface area contributed by atoms with Gasteiger partial charge in [0, 0.05) is 18.1 Å². The number of nitrogens with zero attached hydrogens (tertiary/aromatic N) is 5. The zero-order valence-corrected chi connectivity index (χ0v) is 16.5. The van der Waals surface area contributed by atoms with Gasteiger partial charge in [-0.1, -0.05) is 24.3 Å². The van der Waals surface area contributed by atoms with Gasteiger partial charge in [-0.15, -0.1) is 11.3 Å². The highest BCUT2D eigenvalue weighted by Crippen LogP contribution is 2.21. The van der Waals surface area contributed by atoms with Crippen molar-refractivity contribution in [1.82, 2.24) is 14.6 Å². The lowest BCUT2D eigenvalue weighted by molar-refractivity contribution is 0.207. The van der Waals surface area contributed by atoms with Gasteiger partial charge in [0.2, 0.25) is 4.80 Å². The molecule has 0 unspecified atom stereocenters. The van der Waals surface area contributed by atoms with E-state index in [1.807, 2.05) is 35.7 Å². The Morgan fingerprint density at radius 3 is 2.86 bits per heavy atom. The van der Waals surface area contributed by atoms with Gasteiger partial charge in [0.05, 0.1) is 42.3 Å². The predicted octanol–water partition coefficient (Wildman–Crippen LogP) is 3.73. The molecule has 0 atom stereocenters. The summed E-state index contributed by atoms with van der Waals surface area (Å²) in [6.45, 7) is 1.01. The van der Waals surface area contributed by atoms with Crippen molar-refractivity contribution < 1.29 is 9.13 Å². The second-order valence-corrected chi connectivity index (χ2v) is 6.96. The second kappa shape index (κ2) is 8.85. The van der Waals surface area contributed by atoms with Crippen molar-refractivity contribution in [3.63, 3.8) is 0 Å². The van der Waals surface area contributed by atoms with Crippen LogP contribution < -0.4 is 4.80 Å². The Kier molecular flexibility index (Phi) is 5.83. The first-order chi connectivity index (χ1) is 14.2. The Morgan fingerprint density at radius 2 is 2.03 bits per heavy atom. The van der Waals surface area contributed by atoms with E-state index in [-0.39, 0.29) is 5.82 Å². The Bertz CT molecular complexity index is 1230. The molecule has 0 aliphatic carbocycles. The van der Waals surface area contributed by atoms with E-state index in [0.717, 1.165) is 22.3 Å². The smallest absolute Gasteiger partial charge is 0.206 e. The fraction of sp³-hybridized carbons (Fsp3) is 0.143. The lowest BCUT2D eigenvalue weighted by atomic mass is 10.2. The van der Waals surface area contributed by atoms with Gasteiger partial charge in [-0.2, -0.15) is 5.10 Å². The van der Waals surface area contributed by atoms with Crippen LogP contribution in [0.5, 0.6) is 0 Å². The summed E-state index contributed by atoms with van der Waals surface area (Å²) in [6.07, 6.45) is 3.30. The van der Waals surface area contributed by atoms with Gasteiger partial charge in [-0.05, 0) is 24.3 Å². The summed E-state index contributed by atoms with van der Waals surface area (Å²) in [5.74, 6) is -0.303. The molecule has 0 aliphatic heterocycles.